The van der Waals surface area contributed by atoms with Crippen molar-refractivity contribution in [2.75, 3.05) is 37.0 Å². The van der Waals surface area contributed by atoms with E-state index >= 15 is 0 Å². The highest BCUT2D eigenvalue weighted by Gasteiger charge is 2.24. The first-order chi connectivity index (χ1) is 46.2. The third kappa shape index (κ3) is 16.6. The first-order valence-electron chi connectivity index (χ1n) is 30.2. The molecular formula is C75H66BrClN16O2. The van der Waals surface area contributed by atoms with Crippen LogP contribution in [-0.2, 0) is 0 Å². The smallest absolute Gasteiger partial charge is 0.180 e. The molecule has 1 aliphatic heterocycles. The third-order valence-corrected chi connectivity index (χ3v) is 16.4. The highest BCUT2D eigenvalue weighted by molar-refractivity contribution is 9.10. The summed E-state index contributed by atoms with van der Waals surface area (Å²) in [5.74, 6) is 5.56. The lowest BCUT2D eigenvalue weighted by Gasteiger charge is -2.25. The molecular weight excluding hydrogens is 1270 g/mol. The van der Waals surface area contributed by atoms with Crippen molar-refractivity contribution in [2.24, 2.45) is 0 Å². The molecule has 0 amide bonds. The number of nitrogen functional groups attached to an aromatic ring is 2. The van der Waals surface area contributed by atoms with Crippen molar-refractivity contribution in [3.63, 3.8) is 0 Å². The van der Waals surface area contributed by atoms with Gasteiger partial charge in [0.1, 0.15) is 0 Å². The SMILES string of the molecule is CC#Cc1cnccc1N.Cc1c(C(=O)CCl)c2cnccc2n1-c1ccc(C#N)cc1.Cc1c(C(=O)CN2CCCCC2)c2cnccc2n1-c1ccc(C#N)cc1.Cc1cc2cnccc2[nH]1.Cc1cc2cnccc2n1-c1ccc(C#N)cc1.Nc1ccncc1Br. The van der Waals surface area contributed by atoms with E-state index in [1.165, 1.54) is 30.3 Å². The van der Waals surface area contributed by atoms with Crippen LogP contribution in [0.25, 0.3) is 60.7 Å². The highest BCUT2D eigenvalue weighted by atomic mass is 79.9. The fourth-order valence-electron chi connectivity index (χ4n) is 11.1. The number of aromatic nitrogens is 10. The van der Waals surface area contributed by atoms with E-state index < -0.39 is 0 Å². The zero-order valence-electron chi connectivity index (χ0n) is 53.0. The van der Waals surface area contributed by atoms with E-state index in [0.29, 0.717) is 34.5 Å². The Morgan fingerprint density at radius 2 is 0.989 bits per heavy atom. The minimum atomic E-state index is -0.121. The molecule has 0 radical (unpaired) electrons. The molecule has 0 bridgehead atoms. The van der Waals surface area contributed by atoms with E-state index in [9.17, 15) is 9.59 Å². The molecule has 0 saturated carbocycles. The van der Waals surface area contributed by atoms with Crippen LogP contribution >= 0.6 is 27.5 Å². The summed E-state index contributed by atoms with van der Waals surface area (Å²) in [7, 11) is 0. The fraction of sp³-hybridized carbons (Fsp3) is 0.160. The minimum Gasteiger partial charge on any atom is -0.398 e. The summed E-state index contributed by atoms with van der Waals surface area (Å²) in [4.78, 5) is 55.0. The Hall–Kier alpha value is -11.6. The van der Waals surface area contributed by atoms with Gasteiger partial charge in [-0.05, 0) is 198 Å². The van der Waals surface area contributed by atoms with Crippen LogP contribution in [0, 0.1) is 73.5 Å². The van der Waals surface area contributed by atoms with E-state index in [1.54, 1.807) is 105 Å². The number of piperidine rings is 1. The molecule has 18 nitrogen and oxygen atoms in total. The van der Waals surface area contributed by atoms with Crippen LogP contribution in [0.15, 0.2) is 200 Å². The number of nitrogens with one attached hydrogen (secondary N) is 1. The lowest BCUT2D eigenvalue weighted by Crippen LogP contribution is -2.34. The van der Waals surface area contributed by atoms with Crippen molar-refractivity contribution in [1.29, 1.82) is 15.8 Å². The van der Waals surface area contributed by atoms with Crippen LogP contribution in [0.4, 0.5) is 11.4 Å². The number of hydrogen-bond donors (Lipinski definition) is 3. The Balaban J connectivity index is 0.000000141. The number of anilines is 2. The summed E-state index contributed by atoms with van der Waals surface area (Å²) in [5, 5.41) is 30.8. The number of nitrogens with two attached hydrogens (primary N) is 2. The molecule has 1 fully saturated rings. The number of nitriles is 3. The Bertz CT molecular complexity index is 4980. The van der Waals surface area contributed by atoms with E-state index in [4.69, 9.17) is 38.9 Å². The van der Waals surface area contributed by atoms with Gasteiger partial charge in [0.05, 0.1) is 79.6 Å². The number of aryl methyl sites for hydroxylation is 2. The van der Waals surface area contributed by atoms with Gasteiger partial charge in [-0.25, -0.2) is 0 Å². The number of pyridine rings is 6. The molecule has 95 heavy (non-hydrogen) atoms. The number of halogens is 2. The Kier molecular flexibility index (Phi) is 23.3. The monoisotopic (exact) mass is 1340 g/mol. The second-order valence-corrected chi connectivity index (χ2v) is 23.0. The Morgan fingerprint density at radius 3 is 1.46 bits per heavy atom. The molecule has 5 N–H and O–H groups in total. The molecule has 0 aliphatic carbocycles. The number of fused-ring (bicyclic) bond motifs is 4. The average molecular weight is 1340 g/mol. The summed E-state index contributed by atoms with van der Waals surface area (Å²) in [6.45, 7) is 12.2. The Morgan fingerprint density at radius 1 is 0.537 bits per heavy atom. The van der Waals surface area contributed by atoms with Crippen molar-refractivity contribution >= 4 is 94.1 Å². The molecule has 472 valence electrons. The second-order valence-electron chi connectivity index (χ2n) is 21.9. The molecule has 0 unspecified atom stereocenters. The van der Waals surface area contributed by atoms with Gasteiger partial charge in [-0.1, -0.05) is 12.3 Å². The number of hydrogen-bond acceptors (Lipinski definition) is 14. The van der Waals surface area contributed by atoms with Gasteiger partial charge < -0.3 is 30.2 Å². The molecule has 11 heterocycles. The van der Waals surface area contributed by atoms with Gasteiger partial charge in [-0.15, -0.1) is 17.5 Å². The van der Waals surface area contributed by atoms with Crippen LogP contribution in [-0.4, -0.2) is 90.6 Å². The van der Waals surface area contributed by atoms with Crippen molar-refractivity contribution in [3.05, 3.63) is 256 Å². The van der Waals surface area contributed by atoms with Gasteiger partial charge in [-0.3, -0.25) is 44.4 Å². The topological polar surface area (TPSA) is 269 Å². The number of Topliss-reactive ketones (excluding diaryl/α,β-unsaturated/α-hetero) is 2. The molecule has 13 aromatic rings. The molecule has 0 spiro atoms. The number of benzene rings is 3. The summed E-state index contributed by atoms with van der Waals surface area (Å²) < 4.78 is 7.08. The molecule has 1 saturated heterocycles. The maximum Gasteiger partial charge on any atom is 0.180 e. The second kappa shape index (κ2) is 32.6. The standard InChI is InChI=1S/C22H22N4O.C17H12ClN3O.C15H11N3.2C8H8N2.C5H5BrN2/c1-16-22(21(27)15-25-11-3-2-4-12-25)19-14-24-10-9-20(19)26(16)18-7-5-17(13-23)6-8-18;1-11-17(16(22)8-18)14-10-20-7-6-15(14)21(11)13-4-2-12(9-19)3-5-13;1-11-8-13-10-17-7-6-15(13)18(11)14-4-2-12(9-16)3-5-14;1-6-4-7-5-9-3-2-8(7)10-6;1-2-3-7-6-10-5-4-8(7)9;6-4-3-8-2-1-5(4)7/h5-10,14H,2-4,11-12,15H2,1H3;2-7,10H,8H2,1H3;2-8,10H,1H3;2-5,10H,1H3;4-6H,1H3,(H2,9,10);1-3H,(H2,7,8). The maximum absolute atomic E-state index is 13.2. The molecule has 10 aromatic heterocycles. The molecule has 20 heteroatoms. The number of alkyl halides is 1. The van der Waals surface area contributed by atoms with Crippen LogP contribution in [0.5, 0.6) is 0 Å². The Labute approximate surface area is 563 Å². The minimum absolute atomic E-state index is 0.0672. The molecule has 1 aliphatic rings. The van der Waals surface area contributed by atoms with E-state index in [1.807, 2.05) is 111 Å². The van der Waals surface area contributed by atoms with Gasteiger partial charge in [-0.2, -0.15) is 15.8 Å². The van der Waals surface area contributed by atoms with Gasteiger partial charge in [0.2, 0.25) is 0 Å². The number of likely N-dealkylation sites (tertiary alicyclic amines) is 1. The van der Waals surface area contributed by atoms with Crippen LogP contribution in [0.1, 0.15) is 91.9 Å². The third-order valence-electron chi connectivity index (χ3n) is 15.5. The number of aromatic amines is 1. The van der Waals surface area contributed by atoms with Crippen LogP contribution in [0.2, 0.25) is 0 Å². The highest BCUT2D eigenvalue weighted by Crippen LogP contribution is 2.32. The lowest BCUT2D eigenvalue weighted by atomic mass is 10.1. The number of ketones is 2. The number of rotatable bonds is 8. The molecule has 3 aromatic carbocycles. The predicted octanol–water partition coefficient (Wildman–Crippen LogP) is 15.0. The van der Waals surface area contributed by atoms with E-state index in [2.05, 4.69) is 114 Å². The number of H-pyrrole nitrogens is 1. The van der Waals surface area contributed by atoms with Crippen LogP contribution in [0.3, 0.4) is 0 Å². The number of nitrogens with zero attached hydrogens (tertiary/aromatic N) is 13. The zero-order valence-corrected chi connectivity index (χ0v) is 55.3. The van der Waals surface area contributed by atoms with Gasteiger partial charge >= 0.3 is 0 Å². The van der Waals surface area contributed by atoms with Crippen LogP contribution < -0.4 is 11.5 Å². The number of carbonyl (C=O) groups excluding carboxylic acids is 2. The van der Waals surface area contributed by atoms with Gasteiger partial charge in [0, 0.05) is 158 Å². The van der Waals surface area contributed by atoms with E-state index in [-0.39, 0.29) is 17.4 Å². The molecule has 0 atom stereocenters. The maximum atomic E-state index is 13.2. The predicted molar refractivity (Wildman–Crippen MR) is 380 cm³/mol. The van der Waals surface area contributed by atoms with Crippen molar-refractivity contribution < 1.29 is 9.59 Å². The van der Waals surface area contributed by atoms with Crippen molar-refractivity contribution in [2.45, 2.75) is 53.9 Å². The fourth-order valence-corrected chi connectivity index (χ4v) is 11.5. The quantitative estimate of drug-likeness (QED) is 0.0725. The zero-order chi connectivity index (χ0) is 67.4. The first-order valence-corrected chi connectivity index (χ1v) is 31.5. The summed E-state index contributed by atoms with van der Waals surface area (Å²) in [6.07, 6.45) is 24.4. The summed E-state index contributed by atoms with van der Waals surface area (Å²) in [5.41, 5.74) is 27.6. The first kappa shape index (κ1) is 67.8. The lowest BCUT2D eigenvalue weighted by molar-refractivity contribution is 0.0916. The molecule has 14 rings (SSSR count). The normalized spacial score (nSPS) is 11.4. The van der Waals surface area contributed by atoms with Gasteiger partial charge in [0.15, 0.2) is 11.6 Å². The van der Waals surface area contributed by atoms with E-state index in [0.717, 1.165) is 107 Å². The van der Waals surface area contributed by atoms with Crippen molar-refractivity contribution in [1.82, 2.24) is 53.5 Å². The van der Waals surface area contributed by atoms with Gasteiger partial charge in [0.25, 0.3) is 0 Å². The number of carbonyl (C=O) groups is 2. The average Bonchev–Trinajstić information content (AvgIpc) is 1.62. The summed E-state index contributed by atoms with van der Waals surface area (Å²) >= 11 is 8.95. The van der Waals surface area contributed by atoms with Crippen molar-refractivity contribution in [3.8, 4) is 47.1 Å². The largest absolute Gasteiger partial charge is 0.398 e. The summed E-state index contributed by atoms with van der Waals surface area (Å²) in [6, 6.07) is 44.1.